The van der Waals surface area contributed by atoms with E-state index in [-0.39, 0.29) is 11.9 Å². The van der Waals surface area contributed by atoms with Gasteiger partial charge in [0, 0.05) is 12.0 Å². The second-order valence-corrected chi connectivity index (χ2v) is 4.10. The van der Waals surface area contributed by atoms with Crippen molar-refractivity contribution in [2.75, 3.05) is 20.2 Å². The molecule has 0 bridgehead atoms. The number of carbonyl (C=O) groups excluding carboxylic acids is 1. The zero-order valence-electron chi connectivity index (χ0n) is 9.74. The standard InChI is InChI=1S/C12H21NO2/c1-4-10(9-12(14)15-5-2)11-7-6-8-13(11)3/h4,10-11H,1,5-9H2,2-3H3. The Balaban J connectivity index is 2.47. The second-order valence-electron chi connectivity index (χ2n) is 4.10. The summed E-state index contributed by atoms with van der Waals surface area (Å²) in [6.45, 7) is 7.24. The molecule has 2 atom stereocenters. The van der Waals surface area contributed by atoms with Crippen molar-refractivity contribution >= 4 is 5.97 Å². The summed E-state index contributed by atoms with van der Waals surface area (Å²) >= 11 is 0. The molecule has 1 saturated heterocycles. The predicted octanol–water partition coefficient (Wildman–Crippen LogP) is 1.84. The lowest BCUT2D eigenvalue weighted by Gasteiger charge is -2.25. The molecule has 0 spiro atoms. The molecule has 0 radical (unpaired) electrons. The van der Waals surface area contributed by atoms with E-state index < -0.39 is 0 Å². The fraction of sp³-hybridized carbons (Fsp3) is 0.750. The van der Waals surface area contributed by atoms with Crippen molar-refractivity contribution in [1.29, 1.82) is 0 Å². The fourth-order valence-electron chi connectivity index (χ4n) is 2.27. The SMILES string of the molecule is C=CC(CC(=O)OCC)C1CCCN1C. The van der Waals surface area contributed by atoms with Gasteiger partial charge in [-0.25, -0.2) is 0 Å². The van der Waals surface area contributed by atoms with Crippen molar-refractivity contribution in [2.24, 2.45) is 5.92 Å². The Labute approximate surface area is 92.1 Å². The zero-order valence-corrected chi connectivity index (χ0v) is 9.74. The van der Waals surface area contributed by atoms with Crippen molar-refractivity contribution < 1.29 is 9.53 Å². The molecular formula is C12H21NO2. The second kappa shape index (κ2) is 5.91. The Morgan fingerprint density at radius 1 is 1.73 bits per heavy atom. The minimum atomic E-state index is -0.109. The van der Waals surface area contributed by atoms with Gasteiger partial charge >= 0.3 is 5.97 Å². The number of likely N-dealkylation sites (tertiary alicyclic amines) is 1. The Morgan fingerprint density at radius 3 is 2.93 bits per heavy atom. The lowest BCUT2D eigenvalue weighted by molar-refractivity contribution is -0.144. The third-order valence-corrected chi connectivity index (χ3v) is 3.08. The Morgan fingerprint density at radius 2 is 2.47 bits per heavy atom. The first-order valence-corrected chi connectivity index (χ1v) is 5.67. The fourth-order valence-corrected chi connectivity index (χ4v) is 2.27. The van der Waals surface area contributed by atoms with Gasteiger partial charge in [-0.15, -0.1) is 6.58 Å². The number of nitrogens with zero attached hydrogens (tertiary/aromatic N) is 1. The van der Waals surface area contributed by atoms with Gasteiger partial charge in [-0.3, -0.25) is 4.79 Å². The van der Waals surface area contributed by atoms with Crippen LogP contribution in [-0.2, 0) is 9.53 Å². The van der Waals surface area contributed by atoms with E-state index in [2.05, 4.69) is 18.5 Å². The normalized spacial score (nSPS) is 23.7. The molecule has 1 aliphatic heterocycles. The van der Waals surface area contributed by atoms with Crippen LogP contribution in [0.5, 0.6) is 0 Å². The number of hydrogen-bond donors (Lipinski definition) is 0. The number of rotatable bonds is 5. The van der Waals surface area contributed by atoms with E-state index in [9.17, 15) is 4.79 Å². The summed E-state index contributed by atoms with van der Waals surface area (Å²) in [6, 6.07) is 0.465. The Bertz CT molecular complexity index is 228. The van der Waals surface area contributed by atoms with Gasteiger partial charge in [-0.2, -0.15) is 0 Å². The smallest absolute Gasteiger partial charge is 0.306 e. The summed E-state index contributed by atoms with van der Waals surface area (Å²) in [5.74, 6) is 0.124. The first-order valence-electron chi connectivity index (χ1n) is 5.67. The van der Waals surface area contributed by atoms with Crippen molar-refractivity contribution in [1.82, 2.24) is 4.90 Å². The summed E-state index contributed by atoms with van der Waals surface area (Å²) in [7, 11) is 2.11. The molecule has 1 aliphatic rings. The molecule has 15 heavy (non-hydrogen) atoms. The summed E-state index contributed by atoms with van der Waals surface area (Å²) in [4.78, 5) is 13.7. The topological polar surface area (TPSA) is 29.5 Å². The van der Waals surface area contributed by atoms with Gasteiger partial charge in [-0.1, -0.05) is 6.08 Å². The molecule has 1 heterocycles. The average molecular weight is 211 g/mol. The summed E-state index contributed by atoms with van der Waals surface area (Å²) in [5.41, 5.74) is 0. The molecule has 0 saturated carbocycles. The zero-order chi connectivity index (χ0) is 11.3. The third kappa shape index (κ3) is 3.34. The molecule has 0 amide bonds. The summed E-state index contributed by atoms with van der Waals surface area (Å²) < 4.78 is 4.96. The van der Waals surface area contributed by atoms with Crippen molar-refractivity contribution in [3.63, 3.8) is 0 Å². The molecule has 0 aliphatic carbocycles. The van der Waals surface area contributed by atoms with E-state index >= 15 is 0 Å². The largest absolute Gasteiger partial charge is 0.466 e. The van der Waals surface area contributed by atoms with Gasteiger partial charge in [0.05, 0.1) is 13.0 Å². The third-order valence-electron chi connectivity index (χ3n) is 3.08. The maximum atomic E-state index is 11.4. The maximum absolute atomic E-state index is 11.4. The van der Waals surface area contributed by atoms with E-state index in [4.69, 9.17) is 4.74 Å². The molecule has 1 fully saturated rings. The van der Waals surface area contributed by atoms with Gasteiger partial charge in [0.15, 0.2) is 0 Å². The quantitative estimate of drug-likeness (QED) is 0.513. The molecule has 3 nitrogen and oxygen atoms in total. The van der Waals surface area contributed by atoms with Crippen LogP contribution in [0.15, 0.2) is 12.7 Å². The molecule has 1 rings (SSSR count). The molecule has 0 aromatic heterocycles. The van der Waals surface area contributed by atoms with Gasteiger partial charge in [0.25, 0.3) is 0 Å². The lowest BCUT2D eigenvalue weighted by Crippen LogP contribution is -2.33. The van der Waals surface area contributed by atoms with E-state index in [0.717, 1.165) is 13.0 Å². The molecule has 2 unspecified atom stereocenters. The van der Waals surface area contributed by atoms with Crippen LogP contribution in [0.3, 0.4) is 0 Å². The number of esters is 1. The van der Waals surface area contributed by atoms with Gasteiger partial charge in [0.1, 0.15) is 0 Å². The molecule has 0 N–H and O–H groups in total. The molecule has 0 aromatic rings. The molecule has 0 aromatic carbocycles. The highest BCUT2D eigenvalue weighted by atomic mass is 16.5. The van der Waals surface area contributed by atoms with Crippen LogP contribution in [0.2, 0.25) is 0 Å². The van der Waals surface area contributed by atoms with Crippen LogP contribution >= 0.6 is 0 Å². The monoisotopic (exact) mass is 211 g/mol. The first kappa shape index (κ1) is 12.2. The van der Waals surface area contributed by atoms with Crippen LogP contribution in [0, 0.1) is 5.92 Å². The van der Waals surface area contributed by atoms with Crippen LogP contribution in [-0.4, -0.2) is 37.1 Å². The Hall–Kier alpha value is -0.830. The van der Waals surface area contributed by atoms with Gasteiger partial charge in [-0.05, 0) is 33.4 Å². The Kier molecular flexibility index (Phi) is 4.82. The average Bonchev–Trinajstić information content (AvgIpc) is 2.61. The number of hydrogen-bond acceptors (Lipinski definition) is 3. The van der Waals surface area contributed by atoms with E-state index in [1.165, 1.54) is 6.42 Å². The summed E-state index contributed by atoms with van der Waals surface area (Å²) in [5, 5.41) is 0. The molecular weight excluding hydrogens is 190 g/mol. The first-order chi connectivity index (χ1) is 7.19. The number of ether oxygens (including phenoxy) is 1. The molecule has 3 heteroatoms. The van der Waals surface area contributed by atoms with Gasteiger partial charge in [0.2, 0.25) is 0 Å². The van der Waals surface area contributed by atoms with Crippen molar-refractivity contribution in [2.45, 2.75) is 32.2 Å². The van der Waals surface area contributed by atoms with Gasteiger partial charge < -0.3 is 9.64 Å². The van der Waals surface area contributed by atoms with Crippen molar-refractivity contribution in [3.05, 3.63) is 12.7 Å². The van der Waals surface area contributed by atoms with E-state index in [1.807, 2.05) is 13.0 Å². The minimum absolute atomic E-state index is 0.109. The van der Waals surface area contributed by atoms with Crippen LogP contribution in [0.25, 0.3) is 0 Å². The van der Waals surface area contributed by atoms with Crippen molar-refractivity contribution in [3.8, 4) is 0 Å². The maximum Gasteiger partial charge on any atom is 0.306 e. The van der Waals surface area contributed by atoms with E-state index in [0.29, 0.717) is 19.1 Å². The van der Waals surface area contributed by atoms with Crippen LogP contribution in [0.4, 0.5) is 0 Å². The lowest BCUT2D eigenvalue weighted by atomic mass is 9.94. The highest BCUT2D eigenvalue weighted by molar-refractivity contribution is 5.70. The van der Waals surface area contributed by atoms with E-state index in [1.54, 1.807) is 0 Å². The highest BCUT2D eigenvalue weighted by Crippen LogP contribution is 2.25. The predicted molar refractivity (Wildman–Crippen MR) is 60.6 cm³/mol. The minimum Gasteiger partial charge on any atom is -0.466 e. The molecule has 86 valence electrons. The summed E-state index contributed by atoms with van der Waals surface area (Å²) in [6.07, 6.45) is 4.73. The van der Waals surface area contributed by atoms with Crippen LogP contribution < -0.4 is 0 Å². The van der Waals surface area contributed by atoms with Crippen LogP contribution in [0.1, 0.15) is 26.2 Å². The highest BCUT2D eigenvalue weighted by Gasteiger charge is 2.29. The number of carbonyl (C=O) groups is 1.